The van der Waals surface area contributed by atoms with Gasteiger partial charge < -0.3 is 12.5 Å². The van der Waals surface area contributed by atoms with Crippen molar-refractivity contribution in [3.63, 3.8) is 0 Å². The molecule has 0 heterocycles. The molecule has 0 aliphatic carbocycles. The number of hydrogen-bond acceptors (Lipinski definition) is 1. The van der Waals surface area contributed by atoms with Gasteiger partial charge in [-0.25, -0.2) is 0 Å². The van der Waals surface area contributed by atoms with Crippen LogP contribution >= 0.6 is 0 Å². The van der Waals surface area contributed by atoms with Crippen molar-refractivity contribution in [2.24, 2.45) is 5.41 Å². The number of aliphatic carboxylic acids is 1. The average Bonchev–Trinajstić information content (AvgIpc) is 1.31. The second-order valence-electron chi connectivity index (χ2n) is 2.56. The summed E-state index contributed by atoms with van der Waals surface area (Å²) in [6.45, 7) is 4.99. The van der Waals surface area contributed by atoms with Gasteiger partial charge in [0.25, 0.3) is 0 Å². The molecule has 0 fully saturated rings. The van der Waals surface area contributed by atoms with Crippen molar-refractivity contribution in [3.05, 3.63) is 7.43 Å². The second-order valence-corrected chi connectivity index (χ2v) is 2.56. The number of carboxylic acids is 1. The largest absolute Gasteiger partial charge is 0.481 e. The van der Waals surface area contributed by atoms with E-state index in [0.29, 0.717) is 0 Å². The average molecular weight is 183 g/mol. The molecular formula is C6H13O2Zn-. The van der Waals surface area contributed by atoms with Crippen LogP contribution in [0, 0.1) is 12.8 Å². The number of hydrogen-bond donors (Lipinski definition) is 1. The third kappa shape index (κ3) is 8.09. The van der Waals surface area contributed by atoms with E-state index >= 15 is 0 Å². The molecule has 0 aromatic rings. The van der Waals surface area contributed by atoms with Crippen molar-refractivity contribution >= 4 is 5.97 Å². The Morgan fingerprint density at radius 3 is 1.44 bits per heavy atom. The molecule has 0 unspecified atom stereocenters. The summed E-state index contributed by atoms with van der Waals surface area (Å²) in [6.07, 6.45) is 0. The first-order valence-corrected chi connectivity index (χ1v) is 2.18. The van der Waals surface area contributed by atoms with E-state index in [-0.39, 0.29) is 26.9 Å². The van der Waals surface area contributed by atoms with Crippen molar-refractivity contribution in [3.8, 4) is 0 Å². The SMILES string of the molecule is CC(C)(C)C(=O)O.[CH3-].[Zn]. The van der Waals surface area contributed by atoms with E-state index in [1.54, 1.807) is 20.8 Å². The van der Waals surface area contributed by atoms with E-state index in [1.807, 2.05) is 0 Å². The van der Waals surface area contributed by atoms with Crippen molar-refractivity contribution in [1.29, 1.82) is 0 Å². The van der Waals surface area contributed by atoms with Gasteiger partial charge in [-0.15, -0.1) is 0 Å². The monoisotopic (exact) mass is 181 g/mol. The first-order valence-electron chi connectivity index (χ1n) is 2.18. The van der Waals surface area contributed by atoms with Crippen LogP contribution in [-0.4, -0.2) is 11.1 Å². The molecule has 9 heavy (non-hydrogen) atoms. The van der Waals surface area contributed by atoms with Gasteiger partial charge in [-0.1, -0.05) is 0 Å². The van der Waals surface area contributed by atoms with E-state index in [1.165, 1.54) is 0 Å². The van der Waals surface area contributed by atoms with E-state index in [9.17, 15) is 4.79 Å². The summed E-state index contributed by atoms with van der Waals surface area (Å²) in [5.74, 6) is -0.757. The van der Waals surface area contributed by atoms with Gasteiger partial charge >= 0.3 is 5.97 Å². The first kappa shape index (κ1) is 16.0. The van der Waals surface area contributed by atoms with Gasteiger partial charge in [0.15, 0.2) is 0 Å². The van der Waals surface area contributed by atoms with Gasteiger partial charge in [0.2, 0.25) is 0 Å². The van der Waals surface area contributed by atoms with Crippen LogP contribution in [0.5, 0.6) is 0 Å². The molecule has 0 aromatic carbocycles. The molecule has 0 radical (unpaired) electrons. The maximum absolute atomic E-state index is 10.0. The molecule has 0 rings (SSSR count). The molecule has 0 saturated heterocycles. The Kier molecular flexibility index (Phi) is 8.78. The molecule has 52 valence electrons. The first-order chi connectivity index (χ1) is 2.94. The normalized spacial score (nSPS) is 8.78. The quantitative estimate of drug-likeness (QED) is 0.456. The van der Waals surface area contributed by atoms with Crippen molar-refractivity contribution in [1.82, 2.24) is 0 Å². The molecule has 0 aromatic heterocycles. The summed E-state index contributed by atoms with van der Waals surface area (Å²) in [4.78, 5) is 10.0. The molecule has 0 aliphatic heterocycles. The van der Waals surface area contributed by atoms with Crippen LogP contribution in [0.4, 0.5) is 0 Å². The molecule has 3 heteroatoms. The molecule has 0 amide bonds. The Labute approximate surface area is 69.4 Å². The van der Waals surface area contributed by atoms with Gasteiger partial charge in [0.1, 0.15) is 0 Å². The second kappa shape index (κ2) is 4.92. The zero-order chi connectivity index (χ0) is 6.08. The summed E-state index contributed by atoms with van der Waals surface area (Å²) < 4.78 is 0. The Balaban J connectivity index is -0.000000180. The summed E-state index contributed by atoms with van der Waals surface area (Å²) in [5, 5.41) is 8.25. The fraction of sp³-hybridized carbons (Fsp3) is 0.667. The van der Waals surface area contributed by atoms with Crippen molar-refractivity contribution in [2.45, 2.75) is 20.8 Å². The minimum absolute atomic E-state index is 0. The van der Waals surface area contributed by atoms with Gasteiger partial charge in [-0.3, -0.25) is 4.79 Å². The third-order valence-corrected chi connectivity index (χ3v) is 0.642. The predicted molar refractivity (Wildman–Crippen MR) is 33.5 cm³/mol. The molecular weight excluding hydrogens is 169 g/mol. The molecule has 0 atom stereocenters. The predicted octanol–water partition coefficient (Wildman–Crippen LogP) is 1.56. The molecule has 2 nitrogen and oxygen atoms in total. The van der Waals surface area contributed by atoms with Gasteiger partial charge in [0.05, 0.1) is 5.41 Å². The molecule has 1 N–H and O–H groups in total. The van der Waals surface area contributed by atoms with Crippen LogP contribution in [0.1, 0.15) is 20.8 Å². The molecule has 0 spiro atoms. The van der Waals surface area contributed by atoms with Crippen LogP contribution in [0.2, 0.25) is 0 Å². The topological polar surface area (TPSA) is 37.3 Å². The Morgan fingerprint density at radius 1 is 1.33 bits per heavy atom. The Hall–Kier alpha value is 0.0934. The summed E-state index contributed by atoms with van der Waals surface area (Å²) >= 11 is 0. The summed E-state index contributed by atoms with van der Waals surface area (Å²) in [7, 11) is 0. The zero-order valence-electron chi connectivity index (χ0n) is 6.56. The number of rotatable bonds is 0. The van der Waals surface area contributed by atoms with E-state index in [0.717, 1.165) is 0 Å². The van der Waals surface area contributed by atoms with E-state index in [2.05, 4.69) is 0 Å². The van der Waals surface area contributed by atoms with Crippen molar-refractivity contribution < 1.29 is 29.4 Å². The van der Waals surface area contributed by atoms with Gasteiger partial charge in [0, 0.05) is 19.5 Å². The van der Waals surface area contributed by atoms with Gasteiger partial charge in [-0.05, 0) is 20.8 Å². The minimum Gasteiger partial charge on any atom is -0.481 e. The van der Waals surface area contributed by atoms with Crippen LogP contribution in [0.15, 0.2) is 0 Å². The third-order valence-electron chi connectivity index (χ3n) is 0.642. The van der Waals surface area contributed by atoms with Crippen LogP contribution in [0.25, 0.3) is 0 Å². The van der Waals surface area contributed by atoms with Crippen LogP contribution in [-0.2, 0) is 24.3 Å². The fourth-order valence-corrected chi connectivity index (χ4v) is 0. The van der Waals surface area contributed by atoms with Crippen LogP contribution < -0.4 is 0 Å². The van der Waals surface area contributed by atoms with Crippen molar-refractivity contribution in [2.75, 3.05) is 0 Å². The number of carbonyl (C=O) groups is 1. The van der Waals surface area contributed by atoms with Crippen LogP contribution in [0.3, 0.4) is 0 Å². The molecule has 0 aliphatic rings. The maximum Gasteiger partial charge on any atom is 0.308 e. The Morgan fingerprint density at radius 2 is 1.44 bits per heavy atom. The molecule has 0 bridgehead atoms. The minimum atomic E-state index is -0.757. The summed E-state index contributed by atoms with van der Waals surface area (Å²) in [5.41, 5.74) is -0.583. The smallest absolute Gasteiger partial charge is 0.308 e. The summed E-state index contributed by atoms with van der Waals surface area (Å²) in [6, 6.07) is 0. The van der Waals surface area contributed by atoms with E-state index < -0.39 is 11.4 Å². The zero-order valence-corrected chi connectivity index (χ0v) is 9.53. The van der Waals surface area contributed by atoms with Gasteiger partial charge in [-0.2, -0.15) is 0 Å². The fourth-order valence-electron chi connectivity index (χ4n) is 0. The molecule has 0 saturated carbocycles. The number of carboxylic acid groups (broad SMARTS) is 1. The maximum atomic E-state index is 10.0. The Bertz CT molecular complexity index is 83.5. The standard InChI is InChI=1S/C5H10O2.CH3.Zn/c1-5(2,3)4(6)7;;/h1-3H3,(H,6,7);1H3;/q;-1;. The van der Waals surface area contributed by atoms with E-state index in [4.69, 9.17) is 5.11 Å².